The van der Waals surface area contributed by atoms with Gasteiger partial charge in [-0.3, -0.25) is 4.79 Å². The van der Waals surface area contributed by atoms with Crippen molar-refractivity contribution in [1.29, 1.82) is 0 Å². The number of anilines is 1. The molecule has 23 heavy (non-hydrogen) atoms. The number of carbonyl (C=O) groups excluding carboxylic acids is 1. The molecule has 0 atom stereocenters. The normalized spacial score (nSPS) is 13.7. The molecule has 0 bridgehead atoms. The van der Waals surface area contributed by atoms with Gasteiger partial charge in [0.25, 0.3) is 5.91 Å². The summed E-state index contributed by atoms with van der Waals surface area (Å²) in [6.45, 7) is 2.02. The Labute approximate surface area is 142 Å². The van der Waals surface area contributed by atoms with Gasteiger partial charge in [0.2, 0.25) is 0 Å². The van der Waals surface area contributed by atoms with Crippen LogP contribution in [0.5, 0.6) is 5.75 Å². The third-order valence-electron chi connectivity index (χ3n) is 4.02. The maximum atomic E-state index is 12.3. The molecule has 0 fully saturated rings. The molecule has 0 aliphatic carbocycles. The van der Waals surface area contributed by atoms with Gasteiger partial charge in [-0.05, 0) is 61.0 Å². The number of hydrogen-bond acceptors (Lipinski definition) is 3. The summed E-state index contributed by atoms with van der Waals surface area (Å²) in [6, 6.07) is 13.3. The zero-order valence-corrected chi connectivity index (χ0v) is 14.2. The summed E-state index contributed by atoms with van der Waals surface area (Å²) >= 11 is 0. The van der Waals surface area contributed by atoms with Gasteiger partial charge in [-0.25, -0.2) is 0 Å². The van der Waals surface area contributed by atoms with Gasteiger partial charge in [0.1, 0.15) is 5.75 Å². The molecule has 4 nitrogen and oxygen atoms in total. The first kappa shape index (κ1) is 17.3. The second-order valence-electron chi connectivity index (χ2n) is 5.65. The number of rotatable bonds is 3. The van der Waals surface area contributed by atoms with E-state index in [1.807, 2.05) is 6.07 Å². The first-order valence-electron chi connectivity index (χ1n) is 7.41. The molecular formula is C18H21ClN2O2. The topological polar surface area (TPSA) is 41.6 Å². The highest BCUT2D eigenvalue weighted by Crippen LogP contribution is 2.22. The third-order valence-corrected chi connectivity index (χ3v) is 4.02. The van der Waals surface area contributed by atoms with Crippen molar-refractivity contribution in [1.82, 2.24) is 4.90 Å². The molecule has 0 aromatic heterocycles. The van der Waals surface area contributed by atoms with Gasteiger partial charge < -0.3 is 15.0 Å². The van der Waals surface area contributed by atoms with Crippen LogP contribution >= 0.6 is 12.4 Å². The van der Waals surface area contributed by atoms with Crippen LogP contribution in [0.25, 0.3) is 0 Å². The molecule has 1 heterocycles. The van der Waals surface area contributed by atoms with Crippen LogP contribution in [0.15, 0.2) is 42.5 Å². The summed E-state index contributed by atoms with van der Waals surface area (Å²) in [7, 11) is 3.73. The van der Waals surface area contributed by atoms with Crippen LogP contribution < -0.4 is 10.1 Å². The van der Waals surface area contributed by atoms with Crippen molar-refractivity contribution in [3.8, 4) is 5.75 Å². The molecule has 0 saturated heterocycles. The van der Waals surface area contributed by atoms with Gasteiger partial charge >= 0.3 is 0 Å². The molecule has 0 radical (unpaired) electrons. The van der Waals surface area contributed by atoms with E-state index in [1.54, 1.807) is 31.4 Å². The Kier molecular flexibility index (Phi) is 5.64. The Balaban J connectivity index is 0.00000192. The first-order chi connectivity index (χ1) is 10.7. The molecule has 0 saturated carbocycles. The van der Waals surface area contributed by atoms with Crippen LogP contribution in [0.3, 0.4) is 0 Å². The van der Waals surface area contributed by atoms with Crippen molar-refractivity contribution in [2.75, 3.05) is 26.0 Å². The Morgan fingerprint density at radius 3 is 2.57 bits per heavy atom. The number of halogens is 1. The van der Waals surface area contributed by atoms with Crippen LogP contribution in [0.4, 0.5) is 5.69 Å². The SMILES string of the molecule is COc1ccc(C(=O)Nc2ccc3c(c2)CN(C)CC3)cc1.Cl. The summed E-state index contributed by atoms with van der Waals surface area (Å²) < 4.78 is 5.10. The Bertz CT molecular complexity index is 686. The molecule has 2 aromatic carbocycles. The van der Waals surface area contributed by atoms with Gasteiger partial charge in [0.05, 0.1) is 7.11 Å². The predicted molar refractivity (Wildman–Crippen MR) is 94.7 cm³/mol. The lowest BCUT2D eigenvalue weighted by atomic mass is 9.99. The number of carbonyl (C=O) groups is 1. The molecule has 1 N–H and O–H groups in total. The maximum absolute atomic E-state index is 12.3. The summed E-state index contributed by atoms with van der Waals surface area (Å²) in [5.41, 5.74) is 4.13. The number of nitrogens with zero attached hydrogens (tertiary/aromatic N) is 1. The van der Waals surface area contributed by atoms with Gasteiger partial charge in [-0.1, -0.05) is 6.07 Å². The van der Waals surface area contributed by atoms with Crippen molar-refractivity contribution in [2.24, 2.45) is 0 Å². The molecule has 1 amide bonds. The fourth-order valence-corrected chi connectivity index (χ4v) is 2.72. The molecule has 0 spiro atoms. The zero-order valence-electron chi connectivity index (χ0n) is 13.3. The lowest BCUT2D eigenvalue weighted by Crippen LogP contribution is -2.26. The van der Waals surface area contributed by atoms with Crippen LogP contribution in [-0.4, -0.2) is 31.5 Å². The number of likely N-dealkylation sites (N-methyl/N-ethyl adjacent to an activating group) is 1. The summed E-state index contributed by atoms with van der Waals surface area (Å²) in [4.78, 5) is 14.6. The number of methoxy groups -OCH3 is 1. The average molecular weight is 333 g/mol. The first-order valence-corrected chi connectivity index (χ1v) is 7.41. The number of fused-ring (bicyclic) bond motifs is 1. The largest absolute Gasteiger partial charge is 0.497 e. The predicted octanol–water partition coefficient (Wildman–Crippen LogP) is 3.36. The van der Waals surface area contributed by atoms with E-state index < -0.39 is 0 Å². The van der Waals surface area contributed by atoms with E-state index in [2.05, 4.69) is 29.4 Å². The molecule has 0 unspecified atom stereocenters. The number of nitrogens with one attached hydrogen (secondary N) is 1. The maximum Gasteiger partial charge on any atom is 0.255 e. The fraction of sp³-hybridized carbons (Fsp3) is 0.278. The minimum atomic E-state index is -0.105. The van der Waals surface area contributed by atoms with Crippen molar-refractivity contribution in [3.63, 3.8) is 0 Å². The summed E-state index contributed by atoms with van der Waals surface area (Å²) in [6.07, 6.45) is 1.07. The average Bonchev–Trinajstić information content (AvgIpc) is 2.54. The number of amides is 1. The summed E-state index contributed by atoms with van der Waals surface area (Å²) in [5, 5.41) is 2.96. The van der Waals surface area contributed by atoms with E-state index >= 15 is 0 Å². The van der Waals surface area contributed by atoms with E-state index in [0.29, 0.717) is 5.56 Å². The minimum Gasteiger partial charge on any atom is -0.497 e. The molecule has 5 heteroatoms. The standard InChI is InChI=1S/C18H20N2O2.ClH/c1-20-10-9-13-3-6-16(11-15(13)12-20)19-18(21)14-4-7-17(22-2)8-5-14;/h3-8,11H,9-10,12H2,1-2H3,(H,19,21);1H. The highest BCUT2D eigenvalue weighted by Gasteiger charge is 2.14. The minimum absolute atomic E-state index is 0. The number of hydrogen-bond donors (Lipinski definition) is 1. The van der Waals surface area contributed by atoms with E-state index in [0.717, 1.165) is 30.9 Å². The van der Waals surface area contributed by atoms with Crippen molar-refractivity contribution in [3.05, 3.63) is 59.2 Å². The number of ether oxygens (including phenoxy) is 1. The van der Waals surface area contributed by atoms with Crippen molar-refractivity contribution < 1.29 is 9.53 Å². The van der Waals surface area contributed by atoms with E-state index in [1.165, 1.54) is 11.1 Å². The molecule has 2 aromatic rings. The van der Waals surface area contributed by atoms with Crippen molar-refractivity contribution in [2.45, 2.75) is 13.0 Å². The molecule has 1 aliphatic heterocycles. The highest BCUT2D eigenvalue weighted by molar-refractivity contribution is 6.04. The highest BCUT2D eigenvalue weighted by atomic mass is 35.5. The fourth-order valence-electron chi connectivity index (χ4n) is 2.72. The zero-order chi connectivity index (χ0) is 15.5. The van der Waals surface area contributed by atoms with Crippen LogP contribution in [0, 0.1) is 0 Å². The quantitative estimate of drug-likeness (QED) is 0.937. The monoisotopic (exact) mass is 332 g/mol. The van der Waals surface area contributed by atoms with Gasteiger partial charge in [0.15, 0.2) is 0 Å². The summed E-state index contributed by atoms with van der Waals surface area (Å²) in [5.74, 6) is 0.639. The van der Waals surface area contributed by atoms with Crippen LogP contribution in [0.2, 0.25) is 0 Å². The van der Waals surface area contributed by atoms with Gasteiger partial charge in [0, 0.05) is 24.3 Å². The second-order valence-corrected chi connectivity index (χ2v) is 5.65. The molecule has 1 aliphatic rings. The number of benzene rings is 2. The smallest absolute Gasteiger partial charge is 0.255 e. The molecule has 122 valence electrons. The Morgan fingerprint density at radius 2 is 1.87 bits per heavy atom. The molecule has 3 rings (SSSR count). The van der Waals surface area contributed by atoms with Gasteiger partial charge in [-0.2, -0.15) is 0 Å². The van der Waals surface area contributed by atoms with E-state index in [-0.39, 0.29) is 18.3 Å². The Hall–Kier alpha value is -2.04. The van der Waals surface area contributed by atoms with E-state index in [4.69, 9.17) is 4.74 Å². The van der Waals surface area contributed by atoms with Gasteiger partial charge in [-0.15, -0.1) is 12.4 Å². The van der Waals surface area contributed by atoms with Crippen molar-refractivity contribution >= 4 is 24.0 Å². The lowest BCUT2D eigenvalue weighted by Gasteiger charge is -2.25. The second kappa shape index (κ2) is 7.49. The third kappa shape index (κ3) is 4.03. The van der Waals surface area contributed by atoms with Crippen LogP contribution in [-0.2, 0) is 13.0 Å². The lowest BCUT2D eigenvalue weighted by molar-refractivity contribution is 0.102. The molecular weight excluding hydrogens is 312 g/mol. The van der Waals surface area contributed by atoms with E-state index in [9.17, 15) is 4.79 Å². The Morgan fingerprint density at radius 1 is 1.13 bits per heavy atom. The van der Waals surface area contributed by atoms with Crippen LogP contribution in [0.1, 0.15) is 21.5 Å².